The number of carbonyl (C=O) groups is 2. The molecule has 1 amide bonds. The number of nitrogens with one attached hydrogen (secondary N) is 1. The summed E-state index contributed by atoms with van der Waals surface area (Å²) in [6.07, 6.45) is 3.14. The largest absolute Gasteiger partial charge is 0.466 e. The molecular formula is C22H29N3O3. The first-order valence-electron chi connectivity index (χ1n) is 9.80. The zero-order valence-electron chi connectivity index (χ0n) is 17.1. The van der Waals surface area contributed by atoms with Gasteiger partial charge in [-0.05, 0) is 43.7 Å². The summed E-state index contributed by atoms with van der Waals surface area (Å²) in [4.78, 5) is 26.6. The van der Waals surface area contributed by atoms with E-state index in [-0.39, 0.29) is 23.4 Å². The smallest absolute Gasteiger partial charge is 0.310 e. The molecule has 1 aliphatic rings. The summed E-state index contributed by atoms with van der Waals surface area (Å²) in [6.45, 7) is 9.36. The first kappa shape index (κ1) is 21.5. The molecule has 2 rings (SSSR count). The van der Waals surface area contributed by atoms with Crippen LogP contribution in [0.4, 0.5) is 5.69 Å². The Kier molecular flexibility index (Phi) is 7.62. The maximum atomic E-state index is 12.7. The molecular weight excluding hydrogens is 354 g/mol. The molecule has 0 spiro atoms. The van der Waals surface area contributed by atoms with E-state index in [4.69, 9.17) is 4.74 Å². The highest BCUT2D eigenvalue weighted by atomic mass is 16.5. The van der Waals surface area contributed by atoms with E-state index in [0.717, 1.165) is 29.7 Å². The third kappa shape index (κ3) is 5.35. The number of nitrogens with zero attached hydrogens (tertiary/aromatic N) is 2. The number of esters is 1. The Balaban J connectivity index is 2.16. The Labute approximate surface area is 167 Å². The minimum absolute atomic E-state index is 0.0301. The summed E-state index contributed by atoms with van der Waals surface area (Å²) >= 11 is 0. The highest BCUT2D eigenvalue weighted by Crippen LogP contribution is 2.28. The van der Waals surface area contributed by atoms with Crippen molar-refractivity contribution in [3.05, 3.63) is 41.1 Å². The van der Waals surface area contributed by atoms with E-state index >= 15 is 0 Å². The third-order valence-corrected chi connectivity index (χ3v) is 4.92. The van der Waals surface area contributed by atoms with E-state index in [1.165, 1.54) is 0 Å². The number of benzene rings is 1. The van der Waals surface area contributed by atoms with Crippen LogP contribution in [0.25, 0.3) is 0 Å². The molecule has 150 valence electrons. The van der Waals surface area contributed by atoms with E-state index < -0.39 is 5.91 Å². The Bertz CT molecular complexity index is 793. The van der Waals surface area contributed by atoms with Crippen LogP contribution < -0.4 is 5.32 Å². The number of piperidine rings is 1. The molecule has 0 aromatic heterocycles. The highest BCUT2D eigenvalue weighted by Gasteiger charge is 2.26. The lowest BCUT2D eigenvalue weighted by Gasteiger charge is -2.30. The number of carbonyl (C=O) groups excluding carboxylic acids is 2. The van der Waals surface area contributed by atoms with Crippen LogP contribution in [-0.2, 0) is 14.3 Å². The summed E-state index contributed by atoms with van der Waals surface area (Å²) < 4.78 is 5.11. The molecule has 1 fully saturated rings. The average Bonchev–Trinajstić information content (AvgIpc) is 2.67. The van der Waals surface area contributed by atoms with Crippen LogP contribution in [0.15, 0.2) is 30.0 Å². The van der Waals surface area contributed by atoms with Gasteiger partial charge in [-0.25, -0.2) is 0 Å². The first-order chi connectivity index (χ1) is 13.4. The van der Waals surface area contributed by atoms with Crippen molar-refractivity contribution in [1.82, 2.24) is 4.90 Å². The van der Waals surface area contributed by atoms with Crippen molar-refractivity contribution in [3.63, 3.8) is 0 Å². The zero-order valence-corrected chi connectivity index (χ0v) is 17.1. The second-order valence-corrected chi connectivity index (χ2v) is 7.39. The lowest BCUT2D eigenvalue weighted by atomic mass is 9.97. The van der Waals surface area contributed by atoms with Crippen molar-refractivity contribution in [2.24, 2.45) is 5.92 Å². The number of ether oxygens (including phenoxy) is 1. The fourth-order valence-corrected chi connectivity index (χ4v) is 3.42. The van der Waals surface area contributed by atoms with Gasteiger partial charge >= 0.3 is 5.97 Å². The van der Waals surface area contributed by atoms with Gasteiger partial charge in [-0.3, -0.25) is 9.59 Å². The van der Waals surface area contributed by atoms with Crippen LogP contribution in [0.1, 0.15) is 50.7 Å². The molecule has 0 saturated carbocycles. The van der Waals surface area contributed by atoms with E-state index in [1.54, 1.807) is 13.1 Å². The van der Waals surface area contributed by atoms with Crippen LogP contribution in [-0.4, -0.2) is 36.5 Å². The van der Waals surface area contributed by atoms with Gasteiger partial charge in [-0.1, -0.05) is 32.0 Å². The predicted molar refractivity (Wildman–Crippen MR) is 109 cm³/mol. The van der Waals surface area contributed by atoms with Crippen LogP contribution in [0.5, 0.6) is 0 Å². The molecule has 28 heavy (non-hydrogen) atoms. The van der Waals surface area contributed by atoms with Gasteiger partial charge in [0, 0.05) is 25.0 Å². The minimum atomic E-state index is -0.433. The zero-order chi connectivity index (χ0) is 20.7. The highest BCUT2D eigenvalue weighted by molar-refractivity contribution is 6.07. The molecule has 0 bridgehead atoms. The van der Waals surface area contributed by atoms with Crippen molar-refractivity contribution in [2.75, 3.05) is 25.0 Å². The SMILES string of the molecule is CCOC(=O)C1CCCN(/C=C(/C#N)C(=O)Nc2c(C)cccc2C(C)C)C1. The molecule has 1 unspecified atom stereocenters. The number of aryl methyl sites for hydroxylation is 1. The quantitative estimate of drug-likeness (QED) is 0.460. The topological polar surface area (TPSA) is 82.4 Å². The third-order valence-electron chi connectivity index (χ3n) is 4.92. The number of anilines is 1. The van der Waals surface area contributed by atoms with Gasteiger partial charge in [-0.15, -0.1) is 0 Å². The molecule has 1 N–H and O–H groups in total. The molecule has 1 aromatic carbocycles. The normalized spacial score (nSPS) is 17.2. The Hall–Kier alpha value is -2.81. The monoisotopic (exact) mass is 383 g/mol. The fourth-order valence-electron chi connectivity index (χ4n) is 3.42. The van der Waals surface area contributed by atoms with Crippen molar-refractivity contribution in [3.8, 4) is 6.07 Å². The molecule has 1 aromatic rings. The fraction of sp³-hybridized carbons (Fsp3) is 0.500. The van der Waals surface area contributed by atoms with E-state index in [0.29, 0.717) is 19.7 Å². The Morgan fingerprint density at radius 2 is 2.18 bits per heavy atom. The number of amides is 1. The van der Waals surface area contributed by atoms with Crippen LogP contribution in [0.2, 0.25) is 0 Å². The summed E-state index contributed by atoms with van der Waals surface area (Å²) in [5.74, 6) is -0.629. The van der Waals surface area contributed by atoms with E-state index in [9.17, 15) is 14.9 Å². The summed E-state index contributed by atoms with van der Waals surface area (Å²) in [5.41, 5.74) is 2.78. The molecule has 6 heteroatoms. The molecule has 1 heterocycles. The summed E-state index contributed by atoms with van der Waals surface area (Å²) in [5, 5.41) is 12.4. The van der Waals surface area contributed by atoms with Gasteiger partial charge in [0.15, 0.2) is 0 Å². The van der Waals surface area contributed by atoms with Gasteiger partial charge in [0.25, 0.3) is 5.91 Å². The number of hydrogen-bond acceptors (Lipinski definition) is 5. The van der Waals surface area contributed by atoms with Crippen molar-refractivity contribution in [2.45, 2.75) is 46.5 Å². The molecule has 1 saturated heterocycles. The van der Waals surface area contributed by atoms with Gasteiger partial charge in [-0.2, -0.15) is 5.26 Å². The molecule has 6 nitrogen and oxygen atoms in total. The Morgan fingerprint density at radius 3 is 2.82 bits per heavy atom. The maximum absolute atomic E-state index is 12.7. The number of para-hydroxylation sites is 1. The molecule has 1 atom stereocenters. The Morgan fingerprint density at radius 1 is 1.43 bits per heavy atom. The van der Waals surface area contributed by atoms with Gasteiger partial charge < -0.3 is 15.0 Å². The first-order valence-corrected chi connectivity index (χ1v) is 9.80. The van der Waals surface area contributed by atoms with Crippen molar-refractivity contribution >= 4 is 17.6 Å². The van der Waals surface area contributed by atoms with Crippen LogP contribution in [0.3, 0.4) is 0 Å². The van der Waals surface area contributed by atoms with Crippen molar-refractivity contribution < 1.29 is 14.3 Å². The number of rotatable bonds is 6. The summed E-state index contributed by atoms with van der Waals surface area (Å²) in [7, 11) is 0. The van der Waals surface area contributed by atoms with Gasteiger partial charge in [0.2, 0.25) is 0 Å². The number of likely N-dealkylation sites (tertiary alicyclic amines) is 1. The molecule has 1 aliphatic heterocycles. The van der Waals surface area contributed by atoms with Gasteiger partial charge in [0.1, 0.15) is 11.6 Å². The molecule has 0 aliphatic carbocycles. The van der Waals surface area contributed by atoms with Crippen molar-refractivity contribution in [1.29, 1.82) is 5.26 Å². The standard InChI is InChI=1S/C22H29N3O3/c1-5-28-22(27)17-9-7-11-25(13-17)14-18(12-23)21(26)24-20-16(4)8-6-10-19(20)15(2)3/h6,8,10,14-15,17H,5,7,9,11,13H2,1-4H3,(H,24,26)/b18-14-. The van der Waals surface area contributed by atoms with E-state index in [2.05, 4.69) is 19.2 Å². The lowest BCUT2D eigenvalue weighted by molar-refractivity contribution is -0.149. The van der Waals surface area contributed by atoms with Crippen LogP contribution >= 0.6 is 0 Å². The predicted octanol–water partition coefficient (Wildman–Crippen LogP) is 3.74. The number of hydrogen-bond donors (Lipinski definition) is 1. The number of nitriles is 1. The average molecular weight is 383 g/mol. The van der Waals surface area contributed by atoms with Crippen LogP contribution in [0, 0.1) is 24.2 Å². The molecule has 0 radical (unpaired) electrons. The van der Waals surface area contributed by atoms with Gasteiger partial charge in [0.05, 0.1) is 12.5 Å². The summed E-state index contributed by atoms with van der Waals surface area (Å²) in [6, 6.07) is 7.88. The second kappa shape index (κ2) is 9.93. The van der Waals surface area contributed by atoms with E-state index in [1.807, 2.05) is 36.1 Å². The minimum Gasteiger partial charge on any atom is -0.466 e. The maximum Gasteiger partial charge on any atom is 0.310 e. The second-order valence-electron chi connectivity index (χ2n) is 7.39. The lowest BCUT2D eigenvalue weighted by Crippen LogP contribution is -2.37.